The van der Waals surface area contributed by atoms with Crippen molar-refractivity contribution in [3.05, 3.63) is 29.8 Å². The van der Waals surface area contributed by atoms with Crippen molar-refractivity contribution in [2.24, 2.45) is 0 Å². The van der Waals surface area contributed by atoms with Crippen LogP contribution in [0.1, 0.15) is 51.5 Å². The second-order valence-electron chi connectivity index (χ2n) is 4.67. The molecule has 0 aromatic heterocycles. The van der Waals surface area contributed by atoms with Crippen LogP contribution in [0.4, 0.5) is 0 Å². The van der Waals surface area contributed by atoms with Gasteiger partial charge >= 0.3 is 5.97 Å². The average Bonchev–Trinajstić information content (AvgIpc) is 2.44. The molecule has 0 heterocycles. The van der Waals surface area contributed by atoms with Gasteiger partial charge in [-0.3, -0.25) is 4.79 Å². The van der Waals surface area contributed by atoms with E-state index in [1.165, 1.54) is 0 Å². The molecule has 3 nitrogen and oxygen atoms in total. The second-order valence-corrected chi connectivity index (χ2v) is 4.67. The molecule has 3 heteroatoms. The summed E-state index contributed by atoms with van der Waals surface area (Å²) in [6.45, 7) is 5.92. The first-order chi connectivity index (χ1) is 9.60. The Morgan fingerprint density at radius 1 is 1.25 bits per heavy atom. The number of hydrogen-bond donors (Lipinski definition) is 1. The van der Waals surface area contributed by atoms with Crippen LogP contribution in [0.25, 0.3) is 0 Å². The lowest BCUT2D eigenvalue weighted by molar-refractivity contribution is -0.137. The summed E-state index contributed by atoms with van der Waals surface area (Å²) in [6.07, 6.45) is 2.20. The van der Waals surface area contributed by atoms with Gasteiger partial charge < -0.3 is 9.84 Å². The molecular formula is C17H22O3. The van der Waals surface area contributed by atoms with Gasteiger partial charge in [0, 0.05) is 0 Å². The number of aliphatic carboxylic acids is 1. The Morgan fingerprint density at radius 2 is 1.85 bits per heavy atom. The Morgan fingerprint density at radius 3 is 2.30 bits per heavy atom. The summed E-state index contributed by atoms with van der Waals surface area (Å²) in [6, 6.07) is 7.57. The van der Waals surface area contributed by atoms with Crippen LogP contribution >= 0.6 is 0 Å². The highest BCUT2D eigenvalue weighted by Crippen LogP contribution is 2.23. The van der Waals surface area contributed by atoms with Crippen LogP contribution in [0.5, 0.6) is 5.75 Å². The summed E-state index contributed by atoms with van der Waals surface area (Å²) in [7, 11) is 0. The minimum absolute atomic E-state index is 0.0214. The Balaban J connectivity index is 2.81. The van der Waals surface area contributed by atoms with Gasteiger partial charge in [0.05, 0.1) is 18.4 Å². The maximum absolute atomic E-state index is 10.9. The predicted molar refractivity (Wildman–Crippen MR) is 79.9 cm³/mol. The molecule has 1 aromatic carbocycles. The van der Waals surface area contributed by atoms with Gasteiger partial charge in [0.15, 0.2) is 0 Å². The first-order valence-electron chi connectivity index (χ1n) is 7.01. The van der Waals surface area contributed by atoms with E-state index in [9.17, 15) is 4.79 Å². The Kier molecular flexibility index (Phi) is 6.66. The third-order valence-corrected chi connectivity index (χ3v) is 3.19. The number of carboxylic acid groups (broad SMARTS) is 1. The Labute approximate surface area is 121 Å². The number of ether oxygens (including phenoxy) is 1. The van der Waals surface area contributed by atoms with E-state index in [0.717, 1.165) is 24.2 Å². The van der Waals surface area contributed by atoms with Crippen LogP contribution in [-0.4, -0.2) is 17.2 Å². The lowest BCUT2D eigenvalue weighted by atomic mass is 9.96. The zero-order valence-corrected chi connectivity index (χ0v) is 12.3. The zero-order valence-electron chi connectivity index (χ0n) is 12.3. The minimum Gasteiger partial charge on any atom is -0.490 e. The lowest BCUT2D eigenvalue weighted by Gasteiger charge is -2.16. The normalized spacial score (nSPS) is 11.6. The van der Waals surface area contributed by atoms with E-state index in [1.54, 1.807) is 6.92 Å². The number of carboxylic acids is 1. The van der Waals surface area contributed by atoms with Crippen LogP contribution in [0.3, 0.4) is 0 Å². The monoisotopic (exact) mass is 274 g/mol. The summed E-state index contributed by atoms with van der Waals surface area (Å²) in [5.74, 6) is 5.45. The molecule has 20 heavy (non-hydrogen) atoms. The van der Waals surface area contributed by atoms with E-state index in [2.05, 4.69) is 25.7 Å². The molecular weight excluding hydrogens is 252 g/mol. The molecule has 0 aliphatic carbocycles. The van der Waals surface area contributed by atoms with Crippen LogP contribution in [0, 0.1) is 11.8 Å². The Bertz CT molecular complexity index is 475. The lowest BCUT2D eigenvalue weighted by Crippen LogP contribution is -2.13. The van der Waals surface area contributed by atoms with Crippen molar-refractivity contribution in [3.63, 3.8) is 0 Å². The van der Waals surface area contributed by atoms with Crippen LogP contribution in [0.15, 0.2) is 24.3 Å². The summed E-state index contributed by atoms with van der Waals surface area (Å²) in [4.78, 5) is 10.9. The van der Waals surface area contributed by atoms with Crippen molar-refractivity contribution in [1.29, 1.82) is 0 Å². The van der Waals surface area contributed by atoms with Crippen LogP contribution < -0.4 is 4.74 Å². The molecule has 1 rings (SSSR count). The van der Waals surface area contributed by atoms with Gasteiger partial charge in [-0.25, -0.2) is 0 Å². The molecule has 0 aliphatic heterocycles. The average molecular weight is 274 g/mol. The van der Waals surface area contributed by atoms with Crippen LogP contribution in [-0.2, 0) is 4.79 Å². The van der Waals surface area contributed by atoms with E-state index in [0.29, 0.717) is 0 Å². The van der Waals surface area contributed by atoms with Crippen molar-refractivity contribution in [2.45, 2.75) is 52.1 Å². The highest BCUT2D eigenvalue weighted by molar-refractivity contribution is 5.69. The second kappa shape index (κ2) is 8.27. The quantitative estimate of drug-likeness (QED) is 0.768. The van der Waals surface area contributed by atoms with Crippen molar-refractivity contribution in [3.8, 4) is 17.6 Å². The molecule has 1 N–H and O–H groups in total. The molecule has 1 unspecified atom stereocenters. The van der Waals surface area contributed by atoms with Crippen molar-refractivity contribution in [1.82, 2.24) is 0 Å². The topological polar surface area (TPSA) is 46.5 Å². The molecule has 1 aromatic rings. The summed E-state index contributed by atoms with van der Waals surface area (Å²) in [5, 5.41) is 8.92. The molecule has 1 atom stereocenters. The molecule has 0 saturated heterocycles. The smallest absolute Gasteiger partial charge is 0.304 e. The summed E-state index contributed by atoms with van der Waals surface area (Å²) < 4.78 is 5.84. The zero-order chi connectivity index (χ0) is 15.0. The van der Waals surface area contributed by atoms with E-state index in [-0.39, 0.29) is 18.4 Å². The fraction of sp³-hybridized carbons (Fsp3) is 0.471. The van der Waals surface area contributed by atoms with Gasteiger partial charge in [0.25, 0.3) is 0 Å². The summed E-state index contributed by atoms with van der Waals surface area (Å²) in [5.41, 5.74) is 0.915. The SMILES string of the molecule is CC#CC(CC(=O)O)c1ccc(OC(CC)CC)cc1. The molecule has 0 fully saturated rings. The molecule has 0 amide bonds. The third-order valence-electron chi connectivity index (χ3n) is 3.19. The molecule has 0 spiro atoms. The van der Waals surface area contributed by atoms with Crippen molar-refractivity contribution in [2.75, 3.05) is 0 Å². The van der Waals surface area contributed by atoms with Crippen LogP contribution in [0.2, 0.25) is 0 Å². The van der Waals surface area contributed by atoms with E-state index >= 15 is 0 Å². The maximum atomic E-state index is 10.9. The predicted octanol–water partition coefficient (Wildman–Crippen LogP) is 3.84. The summed E-state index contributed by atoms with van der Waals surface area (Å²) >= 11 is 0. The molecule has 108 valence electrons. The van der Waals surface area contributed by atoms with Gasteiger partial charge in [-0.15, -0.1) is 5.92 Å². The van der Waals surface area contributed by atoms with Crippen molar-refractivity contribution < 1.29 is 14.6 Å². The molecule has 0 bridgehead atoms. The van der Waals surface area contributed by atoms with Gasteiger partial charge in [0.2, 0.25) is 0 Å². The maximum Gasteiger partial charge on any atom is 0.304 e. The van der Waals surface area contributed by atoms with E-state index in [4.69, 9.17) is 9.84 Å². The molecule has 0 aliphatic rings. The number of rotatable bonds is 7. The number of benzene rings is 1. The highest BCUT2D eigenvalue weighted by Gasteiger charge is 2.13. The largest absolute Gasteiger partial charge is 0.490 e. The van der Waals surface area contributed by atoms with Gasteiger partial charge in [-0.2, -0.15) is 0 Å². The van der Waals surface area contributed by atoms with E-state index in [1.807, 2.05) is 24.3 Å². The van der Waals surface area contributed by atoms with Gasteiger partial charge in [-0.1, -0.05) is 31.9 Å². The van der Waals surface area contributed by atoms with Gasteiger partial charge in [0.1, 0.15) is 5.75 Å². The molecule has 0 radical (unpaired) electrons. The van der Waals surface area contributed by atoms with Gasteiger partial charge in [-0.05, 0) is 37.5 Å². The fourth-order valence-corrected chi connectivity index (χ4v) is 2.03. The minimum atomic E-state index is -0.838. The van der Waals surface area contributed by atoms with Crippen molar-refractivity contribution >= 4 is 5.97 Å². The number of hydrogen-bond acceptors (Lipinski definition) is 2. The fourth-order valence-electron chi connectivity index (χ4n) is 2.03. The highest BCUT2D eigenvalue weighted by atomic mass is 16.5. The first-order valence-corrected chi connectivity index (χ1v) is 7.01. The molecule has 0 saturated carbocycles. The Hall–Kier alpha value is -1.95. The number of carbonyl (C=O) groups is 1. The first kappa shape index (κ1) is 16.1. The standard InChI is InChI=1S/C17H22O3/c1-4-7-14(12-17(18)19)13-8-10-16(11-9-13)20-15(5-2)6-3/h8-11,14-15H,5-6,12H2,1-3H3,(H,18,19). The van der Waals surface area contributed by atoms with E-state index < -0.39 is 5.97 Å². The third kappa shape index (κ3) is 4.97.